The van der Waals surface area contributed by atoms with Crippen molar-refractivity contribution in [2.75, 3.05) is 17.4 Å². The van der Waals surface area contributed by atoms with Gasteiger partial charge >= 0.3 is 0 Å². The molecule has 39 heavy (non-hydrogen) atoms. The summed E-state index contributed by atoms with van der Waals surface area (Å²) in [6, 6.07) is 20.2. The number of unbranched alkanes of at least 4 members (excludes halogenated alkanes) is 1. The molecule has 0 aliphatic carbocycles. The lowest BCUT2D eigenvalue weighted by Crippen LogP contribution is -2.51. The fraction of sp³-hybridized carbons (Fsp3) is 0.333. The molecule has 0 spiro atoms. The third kappa shape index (κ3) is 7.92. The standard InChI is InChI=1S/C30H36BrN3O4S/c1-5-6-18-32-30(36)24(4)33(20-25-14-16-26(31)17-15-25)29(35)21-34(28-19-22(2)12-13-23(28)3)39(37,38)27-10-8-7-9-11-27/h7-17,19,24H,5-6,18,20-21H2,1-4H3,(H,32,36). The molecule has 1 N–H and O–H groups in total. The van der Waals surface area contributed by atoms with Crippen LogP contribution in [0.4, 0.5) is 5.69 Å². The molecule has 0 radical (unpaired) electrons. The molecule has 0 aliphatic rings. The van der Waals surface area contributed by atoms with Gasteiger partial charge in [-0.25, -0.2) is 8.42 Å². The van der Waals surface area contributed by atoms with E-state index in [1.54, 1.807) is 31.2 Å². The van der Waals surface area contributed by atoms with E-state index in [1.165, 1.54) is 17.0 Å². The maximum absolute atomic E-state index is 14.0. The fourth-order valence-electron chi connectivity index (χ4n) is 4.13. The van der Waals surface area contributed by atoms with Gasteiger partial charge in [0.15, 0.2) is 0 Å². The number of carbonyl (C=O) groups is 2. The Morgan fingerprint density at radius 2 is 1.64 bits per heavy atom. The number of sulfonamides is 1. The van der Waals surface area contributed by atoms with E-state index in [-0.39, 0.29) is 17.3 Å². The van der Waals surface area contributed by atoms with Gasteiger partial charge in [0, 0.05) is 17.6 Å². The zero-order chi connectivity index (χ0) is 28.6. The third-order valence-electron chi connectivity index (χ3n) is 6.51. The predicted octanol–water partition coefficient (Wildman–Crippen LogP) is 5.59. The Morgan fingerprint density at radius 1 is 0.974 bits per heavy atom. The maximum Gasteiger partial charge on any atom is 0.264 e. The first kappa shape index (κ1) is 30.4. The van der Waals surface area contributed by atoms with Crippen molar-refractivity contribution in [1.82, 2.24) is 10.2 Å². The largest absolute Gasteiger partial charge is 0.354 e. The van der Waals surface area contributed by atoms with Crippen molar-refractivity contribution in [3.05, 3.63) is 94.0 Å². The van der Waals surface area contributed by atoms with Gasteiger partial charge in [0.25, 0.3) is 10.0 Å². The zero-order valence-corrected chi connectivity index (χ0v) is 25.3. The number of hydrogen-bond acceptors (Lipinski definition) is 4. The van der Waals surface area contributed by atoms with Gasteiger partial charge in [-0.3, -0.25) is 13.9 Å². The molecule has 9 heteroatoms. The Morgan fingerprint density at radius 3 is 2.28 bits per heavy atom. The lowest BCUT2D eigenvalue weighted by atomic mass is 10.1. The van der Waals surface area contributed by atoms with Crippen molar-refractivity contribution in [2.45, 2.75) is 58.0 Å². The van der Waals surface area contributed by atoms with Gasteiger partial charge in [0.05, 0.1) is 10.6 Å². The Kier molecular flexibility index (Phi) is 10.7. The first-order valence-electron chi connectivity index (χ1n) is 13.0. The van der Waals surface area contributed by atoms with Crippen molar-refractivity contribution in [3.63, 3.8) is 0 Å². The topological polar surface area (TPSA) is 86.8 Å². The molecule has 2 amide bonds. The number of nitrogens with one attached hydrogen (secondary N) is 1. The van der Waals surface area contributed by atoms with E-state index in [2.05, 4.69) is 21.2 Å². The summed E-state index contributed by atoms with van der Waals surface area (Å²) in [6.45, 7) is 7.61. The van der Waals surface area contributed by atoms with E-state index in [0.717, 1.165) is 38.3 Å². The molecule has 1 atom stereocenters. The van der Waals surface area contributed by atoms with Gasteiger partial charge < -0.3 is 10.2 Å². The number of amides is 2. The minimum atomic E-state index is -4.08. The number of anilines is 1. The van der Waals surface area contributed by atoms with Crippen LogP contribution in [-0.2, 0) is 26.2 Å². The van der Waals surface area contributed by atoms with E-state index in [0.29, 0.717) is 12.2 Å². The van der Waals surface area contributed by atoms with Gasteiger partial charge in [-0.05, 0) is 74.2 Å². The molecule has 3 aromatic rings. The van der Waals surface area contributed by atoms with Gasteiger partial charge in [-0.15, -0.1) is 0 Å². The monoisotopic (exact) mass is 613 g/mol. The molecule has 0 aliphatic heterocycles. The molecule has 208 valence electrons. The quantitative estimate of drug-likeness (QED) is 0.270. The van der Waals surface area contributed by atoms with E-state index >= 15 is 0 Å². The van der Waals surface area contributed by atoms with Crippen molar-refractivity contribution in [1.29, 1.82) is 0 Å². The molecular formula is C30H36BrN3O4S. The highest BCUT2D eigenvalue weighted by Crippen LogP contribution is 2.28. The number of halogens is 1. The zero-order valence-electron chi connectivity index (χ0n) is 22.9. The first-order chi connectivity index (χ1) is 18.5. The fourth-order valence-corrected chi connectivity index (χ4v) is 5.88. The summed E-state index contributed by atoms with van der Waals surface area (Å²) in [4.78, 5) is 28.5. The van der Waals surface area contributed by atoms with Crippen molar-refractivity contribution < 1.29 is 18.0 Å². The Bertz CT molecular complexity index is 1380. The van der Waals surface area contributed by atoms with Crippen LogP contribution in [0.25, 0.3) is 0 Å². The lowest BCUT2D eigenvalue weighted by molar-refractivity contribution is -0.139. The average molecular weight is 615 g/mol. The van der Waals surface area contributed by atoms with Crippen LogP contribution in [0.3, 0.4) is 0 Å². The summed E-state index contributed by atoms with van der Waals surface area (Å²) in [5.74, 6) is -0.755. The molecule has 3 aromatic carbocycles. The summed E-state index contributed by atoms with van der Waals surface area (Å²) >= 11 is 3.43. The summed E-state index contributed by atoms with van der Waals surface area (Å²) in [7, 11) is -4.08. The SMILES string of the molecule is CCCCNC(=O)C(C)N(Cc1ccc(Br)cc1)C(=O)CN(c1cc(C)ccc1C)S(=O)(=O)c1ccccc1. The smallest absolute Gasteiger partial charge is 0.264 e. The molecular weight excluding hydrogens is 578 g/mol. The van der Waals surface area contributed by atoms with Crippen LogP contribution in [0.1, 0.15) is 43.4 Å². The number of carbonyl (C=O) groups excluding carboxylic acids is 2. The molecule has 0 bridgehead atoms. The van der Waals surface area contributed by atoms with Crippen LogP contribution in [0.2, 0.25) is 0 Å². The van der Waals surface area contributed by atoms with Crippen LogP contribution >= 0.6 is 15.9 Å². The number of hydrogen-bond donors (Lipinski definition) is 1. The van der Waals surface area contributed by atoms with Crippen molar-refractivity contribution >= 4 is 43.5 Å². The first-order valence-corrected chi connectivity index (χ1v) is 15.2. The number of aryl methyl sites for hydroxylation is 2. The lowest BCUT2D eigenvalue weighted by Gasteiger charge is -2.32. The van der Waals surface area contributed by atoms with Crippen LogP contribution in [0, 0.1) is 13.8 Å². The minimum absolute atomic E-state index is 0.0866. The van der Waals surface area contributed by atoms with Gasteiger partial charge in [-0.1, -0.05) is 71.7 Å². The maximum atomic E-state index is 14.0. The van der Waals surface area contributed by atoms with Gasteiger partial charge in [-0.2, -0.15) is 0 Å². The highest BCUT2D eigenvalue weighted by Gasteiger charge is 2.33. The Balaban J connectivity index is 2.02. The molecule has 1 unspecified atom stereocenters. The number of nitrogens with zero attached hydrogens (tertiary/aromatic N) is 2. The van der Waals surface area contributed by atoms with Crippen LogP contribution in [0.5, 0.6) is 0 Å². The molecule has 0 fully saturated rings. The van der Waals surface area contributed by atoms with E-state index in [4.69, 9.17) is 0 Å². The minimum Gasteiger partial charge on any atom is -0.354 e. The second-order valence-electron chi connectivity index (χ2n) is 9.58. The number of benzene rings is 3. The van der Waals surface area contributed by atoms with Crippen LogP contribution in [0.15, 0.2) is 82.2 Å². The van der Waals surface area contributed by atoms with Crippen molar-refractivity contribution in [2.24, 2.45) is 0 Å². The third-order valence-corrected chi connectivity index (χ3v) is 8.81. The normalized spacial score (nSPS) is 12.0. The van der Waals surface area contributed by atoms with Gasteiger partial charge in [0.2, 0.25) is 11.8 Å². The molecule has 0 saturated carbocycles. The van der Waals surface area contributed by atoms with Crippen LogP contribution < -0.4 is 9.62 Å². The highest BCUT2D eigenvalue weighted by molar-refractivity contribution is 9.10. The van der Waals surface area contributed by atoms with E-state index in [1.807, 2.05) is 57.2 Å². The summed E-state index contributed by atoms with van der Waals surface area (Å²) in [5, 5.41) is 2.90. The Hall–Kier alpha value is -3.17. The molecule has 3 rings (SSSR count). The molecule has 7 nitrogen and oxygen atoms in total. The highest BCUT2D eigenvalue weighted by atomic mass is 79.9. The van der Waals surface area contributed by atoms with Crippen LogP contribution in [-0.4, -0.2) is 44.3 Å². The molecule has 0 heterocycles. The van der Waals surface area contributed by atoms with Gasteiger partial charge in [0.1, 0.15) is 12.6 Å². The van der Waals surface area contributed by atoms with Crippen molar-refractivity contribution in [3.8, 4) is 0 Å². The second-order valence-corrected chi connectivity index (χ2v) is 12.4. The average Bonchev–Trinajstić information content (AvgIpc) is 2.92. The Labute approximate surface area is 240 Å². The summed E-state index contributed by atoms with van der Waals surface area (Å²) in [5.41, 5.74) is 2.84. The molecule has 0 saturated heterocycles. The summed E-state index contributed by atoms with van der Waals surface area (Å²) in [6.07, 6.45) is 1.76. The molecule has 0 aromatic heterocycles. The second kappa shape index (κ2) is 13.8. The number of rotatable bonds is 12. The predicted molar refractivity (Wildman–Crippen MR) is 159 cm³/mol. The van der Waals surface area contributed by atoms with E-state index in [9.17, 15) is 18.0 Å². The van der Waals surface area contributed by atoms with E-state index < -0.39 is 28.5 Å². The summed E-state index contributed by atoms with van der Waals surface area (Å²) < 4.78 is 29.8.